The minimum absolute atomic E-state index is 0.266. The average Bonchev–Trinajstić information content (AvgIpc) is 2.97. The van der Waals surface area contributed by atoms with Gasteiger partial charge in [-0.25, -0.2) is 8.78 Å². The molecule has 2 amide bonds. The van der Waals surface area contributed by atoms with Crippen molar-refractivity contribution in [2.75, 3.05) is 18.8 Å². The van der Waals surface area contributed by atoms with E-state index in [0.717, 1.165) is 27.4 Å². The largest absolute Gasteiger partial charge is 0.354 e. The number of rotatable bonds is 8. The van der Waals surface area contributed by atoms with E-state index in [2.05, 4.69) is 26.6 Å². The number of hydrogen-bond acceptors (Lipinski definition) is 4. The smallest absolute Gasteiger partial charge is 0.254 e. The first kappa shape index (κ1) is 19.9. The third kappa shape index (κ3) is 6.75. The van der Waals surface area contributed by atoms with Crippen LogP contribution in [0.15, 0.2) is 34.1 Å². The molecule has 0 bridgehead atoms. The van der Waals surface area contributed by atoms with Gasteiger partial charge in [-0.3, -0.25) is 9.59 Å². The topological polar surface area (TPSA) is 58.2 Å². The van der Waals surface area contributed by atoms with Gasteiger partial charge >= 0.3 is 0 Å². The van der Waals surface area contributed by atoms with Gasteiger partial charge in [-0.1, -0.05) is 0 Å². The summed E-state index contributed by atoms with van der Waals surface area (Å²) in [6.45, 7) is 0.203. The van der Waals surface area contributed by atoms with E-state index in [9.17, 15) is 18.4 Å². The Bertz CT molecular complexity index is 755. The van der Waals surface area contributed by atoms with Crippen LogP contribution in [0, 0.1) is 11.6 Å². The summed E-state index contributed by atoms with van der Waals surface area (Å²) < 4.78 is 27.3. The molecular formula is C16H15BrF2N2O2S2. The van der Waals surface area contributed by atoms with Crippen LogP contribution in [0.1, 0.15) is 15.2 Å². The minimum atomic E-state index is -0.963. The lowest BCUT2D eigenvalue weighted by Crippen LogP contribution is -2.38. The van der Waals surface area contributed by atoms with E-state index in [4.69, 9.17) is 0 Å². The molecule has 1 heterocycles. The molecule has 0 aliphatic rings. The predicted molar refractivity (Wildman–Crippen MR) is 99.9 cm³/mol. The van der Waals surface area contributed by atoms with Crippen LogP contribution in [0.25, 0.3) is 0 Å². The van der Waals surface area contributed by atoms with E-state index in [1.165, 1.54) is 4.88 Å². The summed E-state index contributed by atoms with van der Waals surface area (Å²) >= 11 is 6.76. The van der Waals surface area contributed by atoms with E-state index in [1.807, 2.05) is 12.1 Å². The summed E-state index contributed by atoms with van der Waals surface area (Å²) in [5, 5.41) is 4.98. The van der Waals surface area contributed by atoms with E-state index in [-0.39, 0.29) is 18.0 Å². The van der Waals surface area contributed by atoms with Crippen molar-refractivity contribution >= 4 is 50.8 Å². The molecule has 0 fully saturated rings. The second-order valence-corrected chi connectivity index (χ2v) is 8.57. The Labute approximate surface area is 160 Å². The lowest BCUT2D eigenvalue weighted by atomic mass is 10.2. The van der Waals surface area contributed by atoms with Crippen molar-refractivity contribution in [2.45, 2.75) is 5.75 Å². The monoisotopic (exact) mass is 448 g/mol. The van der Waals surface area contributed by atoms with Gasteiger partial charge in [0.1, 0.15) is 11.6 Å². The number of thioether (sulfide) groups is 1. The molecule has 25 heavy (non-hydrogen) atoms. The first-order chi connectivity index (χ1) is 12.0. The van der Waals surface area contributed by atoms with Gasteiger partial charge < -0.3 is 10.6 Å². The number of carbonyl (C=O) groups excluding carboxylic acids is 2. The van der Waals surface area contributed by atoms with Gasteiger partial charge in [0.25, 0.3) is 5.91 Å². The Morgan fingerprint density at radius 2 is 1.96 bits per heavy atom. The van der Waals surface area contributed by atoms with Crippen molar-refractivity contribution in [3.05, 3.63) is 56.2 Å². The zero-order chi connectivity index (χ0) is 18.2. The van der Waals surface area contributed by atoms with Crippen LogP contribution in [0.4, 0.5) is 8.78 Å². The summed E-state index contributed by atoms with van der Waals surface area (Å²) in [5.41, 5.74) is -0.299. The zero-order valence-electron chi connectivity index (χ0n) is 13.0. The number of thiophene rings is 1. The number of halogens is 3. The van der Waals surface area contributed by atoms with E-state index < -0.39 is 17.5 Å². The highest BCUT2D eigenvalue weighted by atomic mass is 79.9. The maximum Gasteiger partial charge on any atom is 0.254 e. The first-order valence-electron chi connectivity index (χ1n) is 7.27. The van der Waals surface area contributed by atoms with Gasteiger partial charge in [-0.2, -0.15) is 11.8 Å². The normalized spacial score (nSPS) is 10.5. The second-order valence-electron chi connectivity index (χ2n) is 4.92. The number of carbonyl (C=O) groups is 2. The molecule has 9 heteroatoms. The third-order valence-electron chi connectivity index (χ3n) is 3.03. The Morgan fingerprint density at radius 3 is 2.64 bits per heavy atom. The fourth-order valence-corrected chi connectivity index (χ4v) is 4.31. The fraction of sp³-hybridized carbons (Fsp3) is 0.250. The van der Waals surface area contributed by atoms with Gasteiger partial charge in [-0.05, 0) is 40.2 Å². The fourth-order valence-electron chi connectivity index (χ4n) is 1.86. The minimum Gasteiger partial charge on any atom is -0.354 e. The highest BCUT2D eigenvalue weighted by Crippen LogP contribution is 2.25. The molecule has 0 spiro atoms. The van der Waals surface area contributed by atoms with Gasteiger partial charge in [0.15, 0.2) is 0 Å². The molecule has 0 saturated heterocycles. The maximum absolute atomic E-state index is 13.4. The molecule has 0 unspecified atom stereocenters. The summed E-state index contributed by atoms with van der Waals surface area (Å²) in [7, 11) is 0. The molecule has 0 radical (unpaired) electrons. The molecule has 1 aromatic carbocycles. The van der Waals surface area contributed by atoms with Crippen molar-refractivity contribution in [2.24, 2.45) is 0 Å². The first-order valence-corrected chi connectivity index (χ1v) is 10.0. The molecule has 2 N–H and O–H groups in total. The maximum atomic E-state index is 13.4. The van der Waals surface area contributed by atoms with E-state index in [0.29, 0.717) is 12.6 Å². The molecule has 2 rings (SSSR count). The quantitative estimate of drug-likeness (QED) is 0.606. The van der Waals surface area contributed by atoms with Crippen LogP contribution in [0.5, 0.6) is 0 Å². The molecule has 4 nitrogen and oxygen atoms in total. The van der Waals surface area contributed by atoms with Crippen LogP contribution < -0.4 is 10.6 Å². The number of hydrogen-bond donors (Lipinski definition) is 2. The highest BCUT2D eigenvalue weighted by molar-refractivity contribution is 9.11. The molecule has 0 aliphatic carbocycles. The predicted octanol–water partition coefficient (Wildman–Crippen LogP) is 3.57. The van der Waals surface area contributed by atoms with Crippen molar-refractivity contribution in [3.8, 4) is 0 Å². The second kappa shape index (κ2) is 9.88. The Morgan fingerprint density at radius 1 is 1.16 bits per heavy atom. The Balaban J connectivity index is 1.62. The zero-order valence-corrected chi connectivity index (χ0v) is 16.2. The van der Waals surface area contributed by atoms with Crippen molar-refractivity contribution < 1.29 is 18.4 Å². The summed E-state index contributed by atoms with van der Waals surface area (Å²) in [4.78, 5) is 24.7. The lowest BCUT2D eigenvalue weighted by molar-refractivity contribution is -0.120. The number of amides is 2. The van der Waals surface area contributed by atoms with Crippen LogP contribution in [0.3, 0.4) is 0 Å². The molecule has 0 atom stereocenters. The molecule has 134 valence electrons. The molecule has 1 aromatic heterocycles. The molecule has 2 aromatic rings. The van der Waals surface area contributed by atoms with Gasteiger partial charge in [-0.15, -0.1) is 11.3 Å². The van der Waals surface area contributed by atoms with E-state index >= 15 is 0 Å². The van der Waals surface area contributed by atoms with Crippen molar-refractivity contribution in [3.63, 3.8) is 0 Å². The SMILES string of the molecule is O=C(CNC(=O)c1ccc(F)cc1F)NCCSCc1ccc(Br)s1. The third-order valence-corrected chi connectivity index (χ3v) is 5.84. The van der Waals surface area contributed by atoms with Crippen LogP contribution in [0.2, 0.25) is 0 Å². The highest BCUT2D eigenvalue weighted by Gasteiger charge is 2.13. The molecular weight excluding hydrogens is 434 g/mol. The summed E-state index contributed by atoms with van der Waals surface area (Å²) in [5.74, 6) is -1.25. The van der Waals surface area contributed by atoms with Crippen LogP contribution >= 0.6 is 39.0 Å². The summed E-state index contributed by atoms with van der Waals surface area (Å²) in [6, 6.07) is 6.69. The molecule has 0 saturated carbocycles. The van der Waals surface area contributed by atoms with Crippen LogP contribution in [-0.2, 0) is 10.5 Å². The van der Waals surface area contributed by atoms with Crippen molar-refractivity contribution in [1.82, 2.24) is 10.6 Å². The standard InChI is InChI=1S/C16H15BrF2N2O2S2/c17-14-4-2-11(25-14)9-24-6-5-20-15(22)8-21-16(23)12-3-1-10(18)7-13(12)19/h1-4,7H,5-6,8-9H2,(H,20,22)(H,21,23). The van der Waals surface area contributed by atoms with Gasteiger partial charge in [0.2, 0.25) is 5.91 Å². The summed E-state index contributed by atoms with van der Waals surface area (Å²) in [6.07, 6.45) is 0. The molecule has 0 aliphatic heterocycles. The Hall–Kier alpha value is -1.45. The van der Waals surface area contributed by atoms with Gasteiger partial charge in [0.05, 0.1) is 15.9 Å². The van der Waals surface area contributed by atoms with Crippen molar-refractivity contribution in [1.29, 1.82) is 0 Å². The number of benzene rings is 1. The average molecular weight is 449 g/mol. The van der Waals surface area contributed by atoms with E-state index in [1.54, 1.807) is 23.1 Å². The van der Waals surface area contributed by atoms with Gasteiger partial charge in [0, 0.05) is 29.0 Å². The Kier molecular flexibility index (Phi) is 7.86. The number of nitrogens with one attached hydrogen (secondary N) is 2. The van der Waals surface area contributed by atoms with Crippen LogP contribution in [-0.4, -0.2) is 30.7 Å². The lowest BCUT2D eigenvalue weighted by Gasteiger charge is -2.07.